The molecule has 1 aliphatic rings. The van der Waals surface area contributed by atoms with E-state index in [2.05, 4.69) is 34.2 Å². The van der Waals surface area contributed by atoms with Crippen LogP contribution >= 0.6 is 15.9 Å². The van der Waals surface area contributed by atoms with Gasteiger partial charge >= 0.3 is 5.97 Å². The molecule has 1 amide bonds. The van der Waals surface area contributed by atoms with Gasteiger partial charge in [0.05, 0.1) is 19.1 Å². The number of rotatable bonds is 8. The van der Waals surface area contributed by atoms with Crippen LogP contribution in [0.15, 0.2) is 16.6 Å². The van der Waals surface area contributed by atoms with Gasteiger partial charge in [0.1, 0.15) is 5.54 Å². The van der Waals surface area contributed by atoms with E-state index in [-0.39, 0.29) is 24.4 Å². The van der Waals surface area contributed by atoms with Gasteiger partial charge in [0.25, 0.3) is 0 Å². The average Bonchev–Trinajstić information content (AvgIpc) is 2.65. The van der Waals surface area contributed by atoms with E-state index in [1.807, 2.05) is 19.9 Å². The summed E-state index contributed by atoms with van der Waals surface area (Å²) in [6.07, 6.45) is 3.78. The van der Waals surface area contributed by atoms with Crippen LogP contribution in [0.1, 0.15) is 63.1 Å². The van der Waals surface area contributed by atoms with E-state index in [1.54, 1.807) is 6.92 Å². The Labute approximate surface area is 176 Å². The molecule has 156 valence electrons. The maximum absolute atomic E-state index is 12.9. The number of carbonyl (C=O) groups is 2. The van der Waals surface area contributed by atoms with Crippen LogP contribution in [0.25, 0.3) is 0 Å². The summed E-state index contributed by atoms with van der Waals surface area (Å²) < 4.78 is 11.9. The van der Waals surface area contributed by atoms with E-state index < -0.39 is 5.54 Å². The van der Waals surface area contributed by atoms with Gasteiger partial charge in [-0.05, 0) is 75.6 Å². The normalized spacial score (nSPS) is 22.0. The van der Waals surface area contributed by atoms with Crippen molar-refractivity contribution in [1.29, 1.82) is 0 Å². The fourth-order valence-corrected chi connectivity index (χ4v) is 4.72. The highest BCUT2D eigenvalue weighted by Crippen LogP contribution is 2.32. The molecule has 1 aliphatic carbocycles. The molecule has 0 aromatic heterocycles. The molecule has 2 rings (SSSR count). The van der Waals surface area contributed by atoms with Crippen molar-refractivity contribution in [2.24, 2.45) is 0 Å². The summed E-state index contributed by atoms with van der Waals surface area (Å²) in [5.41, 5.74) is 2.33. The number of aryl methyl sites for hydroxylation is 2. The molecule has 1 aromatic carbocycles. The highest BCUT2D eigenvalue weighted by molar-refractivity contribution is 9.10. The van der Waals surface area contributed by atoms with Crippen LogP contribution in [-0.2, 0) is 31.9 Å². The molecule has 1 N–H and O–H groups in total. The van der Waals surface area contributed by atoms with Crippen molar-refractivity contribution in [2.75, 3.05) is 13.2 Å². The summed E-state index contributed by atoms with van der Waals surface area (Å²) in [6, 6.07) is 4.14. The number of nitrogens with one attached hydrogen (secondary N) is 1. The van der Waals surface area contributed by atoms with Gasteiger partial charge in [-0.3, -0.25) is 4.79 Å². The van der Waals surface area contributed by atoms with E-state index in [4.69, 9.17) is 9.47 Å². The van der Waals surface area contributed by atoms with Gasteiger partial charge in [-0.15, -0.1) is 0 Å². The SMILES string of the molecule is CCOC(=O)C1(NC(=O)Cc2c(Br)cc(C)cc2CC)CCC(OCC)CC1. The van der Waals surface area contributed by atoms with Gasteiger partial charge in [0, 0.05) is 11.1 Å². The van der Waals surface area contributed by atoms with Crippen LogP contribution < -0.4 is 5.32 Å². The minimum absolute atomic E-state index is 0.141. The molecule has 0 heterocycles. The molecule has 28 heavy (non-hydrogen) atoms. The van der Waals surface area contributed by atoms with Crippen LogP contribution in [0.5, 0.6) is 0 Å². The van der Waals surface area contributed by atoms with Crippen molar-refractivity contribution in [3.8, 4) is 0 Å². The minimum Gasteiger partial charge on any atom is -0.464 e. The van der Waals surface area contributed by atoms with Crippen molar-refractivity contribution < 1.29 is 19.1 Å². The molecule has 1 aromatic rings. The second-order valence-electron chi connectivity index (χ2n) is 7.42. The molecular weight excluding hydrogens is 422 g/mol. The predicted molar refractivity (Wildman–Crippen MR) is 113 cm³/mol. The Bertz CT molecular complexity index is 696. The third-order valence-electron chi connectivity index (χ3n) is 5.38. The van der Waals surface area contributed by atoms with Gasteiger partial charge in [0.15, 0.2) is 0 Å². The maximum Gasteiger partial charge on any atom is 0.331 e. The van der Waals surface area contributed by atoms with Crippen LogP contribution in [0.3, 0.4) is 0 Å². The Morgan fingerprint density at radius 2 is 1.86 bits per heavy atom. The first kappa shape index (κ1) is 22.9. The minimum atomic E-state index is -0.954. The summed E-state index contributed by atoms with van der Waals surface area (Å²) in [4.78, 5) is 25.7. The third kappa shape index (κ3) is 5.57. The molecule has 0 aliphatic heterocycles. The second kappa shape index (κ2) is 10.4. The molecule has 0 spiro atoms. The first-order valence-electron chi connectivity index (χ1n) is 10.2. The lowest BCUT2D eigenvalue weighted by Gasteiger charge is -2.38. The van der Waals surface area contributed by atoms with Crippen LogP contribution in [0.2, 0.25) is 0 Å². The lowest BCUT2D eigenvalue weighted by atomic mass is 9.80. The molecule has 5 nitrogen and oxygen atoms in total. The number of ether oxygens (including phenoxy) is 2. The van der Waals surface area contributed by atoms with Crippen LogP contribution in [-0.4, -0.2) is 36.7 Å². The van der Waals surface area contributed by atoms with Gasteiger partial charge in [0.2, 0.25) is 5.91 Å². The second-order valence-corrected chi connectivity index (χ2v) is 8.27. The standard InChI is InChI=1S/C22H32BrNO4/c1-5-16-12-15(4)13-19(23)18(16)14-20(25)24-22(21(26)28-7-3)10-8-17(9-11-22)27-6-2/h12-13,17H,5-11,14H2,1-4H3,(H,24,25). The van der Waals surface area contributed by atoms with Crippen LogP contribution in [0, 0.1) is 6.92 Å². The lowest BCUT2D eigenvalue weighted by molar-refractivity contribution is -0.156. The topological polar surface area (TPSA) is 64.6 Å². The largest absolute Gasteiger partial charge is 0.464 e. The van der Waals surface area contributed by atoms with E-state index >= 15 is 0 Å². The number of hydrogen-bond acceptors (Lipinski definition) is 4. The number of amides is 1. The van der Waals surface area contributed by atoms with Crippen molar-refractivity contribution in [2.45, 2.75) is 77.9 Å². The number of hydrogen-bond donors (Lipinski definition) is 1. The van der Waals surface area contributed by atoms with Crippen molar-refractivity contribution >= 4 is 27.8 Å². The summed E-state index contributed by atoms with van der Waals surface area (Å²) >= 11 is 3.60. The molecule has 0 radical (unpaired) electrons. The van der Waals surface area contributed by atoms with Crippen molar-refractivity contribution in [3.63, 3.8) is 0 Å². The van der Waals surface area contributed by atoms with Gasteiger partial charge in [-0.1, -0.05) is 28.9 Å². The van der Waals surface area contributed by atoms with E-state index in [9.17, 15) is 9.59 Å². The summed E-state index contributed by atoms with van der Waals surface area (Å²) in [5, 5.41) is 3.03. The maximum atomic E-state index is 12.9. The zero-order valence-electron chi connectivity index (χ0n) is 17.4. The van der Waals surface area contributed by atoms with Gasteiger partial charge < -0.3 is 14.8 Å². The highest BCUT2D eigenvalue weighted by atomic mass is 79.9. The number of carbonyl (C=O) groups excluding carboxylic acids is 2. The fraction of sp³-hybridized carbons (Fsp3) is 0.636. The molecule has 0 atom stereocenters. The summed E-state index contributed by atoms with van der Waals surface area (Å²) in [7, 11) is 0. The molecule has 0 saturated heterocycles. The Balaban J connectivity index is 2.17. The number of esters is 1. The molecule has 0 unspecified atom stereocenters. The monoisotopic (exact) mass is 453 g/mol. The molecule has 6 heteroatoms. The van der Waals surface area contributed by atoms with Crippen molar-refractivity contribution in [1.82, 2.24) is 5.32 Å². The summed E-state index contributed by atoms with van der Waals surface area (Å²) in [6.45, 7) is 8.84. The average molecular weight is 454 g/mol. The van der Waals surface area contributed by atoms with E-state index in [0.717, 1.165) is 40.4 Å². The molecular formula is C22H32BrNO4. The van der Waals surface area contributed by atoms with Gasteiger partial charge in [-0.25, -0.2) is 4.79 Å². The zero-order valence-corrected chi connectivity index (χ0v) is 19.0. The van der Waals surface area contributed by atoms with Crippen molar-refractivity contribution in [3.05, 3.63) is 33.3 Å². The fourth-order valence-electron chi connectivity index (χ4n) is 3.96. The zero-order chi connectivity index (χ0) is 20.7. The molecule has 1 saturated carbocycles. The first-order chi connectivity index (χ1) is 13.3. The Morgan fingerprint density at radius 3 is 2.43 bits per heavy atom. The summed E-state index contributed by atoms with van der Waals surface area (Å²) in [5.74, 6) is -0.487. The number of halogens is 1. The Morgan fingerprint density at radius 1 is 1.18 bits per heavy atom. The lowest BCUT2D eigenvalue weighted by Crippen LogP contribution is -2.58. The molecule has 0 bridgehead atoms. The highest BCUT2D eigenvalue weighted by Gasteiger charge is 2.44. The first-order valence-corrected chi connectivity index (χ1v) is 11.0. The van der Waals surface area contributed by atoms with E-state index in [0.29, 0.717) is 26.1 Å². The van der Waals surface area contributed by atoms with E-state index in [1.165, 1.54) is 0 Å². The quantitative estimate of drug-likeness (QED) is 0.597. The Kier molecular flexibility index (Phi) is 8.50. The Hall–Kier alpha value is -1.40. The number of benzene rings is 1. The molecule has 1 fully saturated rings. The third-order valence-corrected chi connectivity index (χ3v) is 6.09. The van der Waals surface area contributed by atoms with Crippen LogP contribution in [0.4, 0.5) is 0 Å². The van der Waals surface area contributed by atoms with Gasteiger partial charge in [-0.2, -0.15) is 0 Å². The predicted octanol–water partition coefficient (Wildman–Crippen LogP) is 4.26. The smallest absolute Gasteiger partial charge is 0.331 e.